The number of rotatable bonds is 8. The quantitative estimate of drug-likeness (QED) is 0.758. The van der Waals surface area contributed by atoms with Gasteiger partial charge in [-0.05, 0) is 29.3 Å². The summed E-state index contributed by atoms with van der Waals surface area (Å²) in [6.45, 7) is 1.32. The molecule has 138 valence electrons. The maximum absolute atomic E-state index is 12.7. The molecule has 0 bridgehead atoms. The van der Waals surface area contributed by atoms with Crippen LogP contribution in [0.2, 0.25) is 0 Å². The van der Waals surface area contributed by atoms with Gasteiger partial charge in [0, 0.05) is 45.3 Å². The first kappa shape index (κ1) is 19.4. The van der Waals surface area contributed by atoms with Crippen molar-refractivity contribution in [3.8, 4) is 0 Å². The van der Waals surface area contributed by atoms with Gasteiger partial charge in [0.2, 0.25) is 5.91 Å². The van der Waals surface area contributed by atoms with E-state index >= 15 is 0 Å². The van der Waals surface area contributed by atoms with Gasteiger partial charge in [0.25, 0.3) is 0 Å². The molecule has 1 heterocycles. The number of aromatic nitrogens is 1. The molecular weight excluding hydrogens is 332 g/mol. The zero-order chi connectivity index (χ0) is 18.8. The van der Waals surface area contributed by atoms with Crippen LogP contribution in [0.4, 0.5) is 10.5 Å². The first-order valence-corrected chi connectivity index (χ1v) is 8.35. The molecule has 0 unspecified atom stereocenters. The number of hydrogen-bond donors (Lipinski definition) is 2. The SMILES string of the molecule is CNC(=O)Cc1cccc(NC(=O)N(CCOC)Cc2cccnc2)c1. The van der Waals surface area contributed by atoms with Gasteiger partial charge in [-0.1, -0.05) is 18.2 Å². The van der Waals surface area contributed by atoms with Gasteiger partial charge in [-0.25, -0.2) is 4.79 Å². The molecule has 1 aromatic carbocycles. The van der Waals surface area contributed by atoms with E-state index in [1.54, 1.807) is 43.6 Å². The Morgan fingerprint density at radius 2 is 2.00 bits per heavy atom. The molecule has 0 aliphatic heterocycles. The highest BCUT2D eigenvalue weighted by atomic mass is 16.5. The van der Waals surface area contributed by atoms with Gasteiger partial charge in [0.1, 0.15) is 0 Å². The molecule has 0 fully saturated rings. The highest BCUT2D eigenvalue weighted by molar-refractivity contribution is 5.89. The van der Waals surface area contributed by atoms with Crippen LogP contribution in [-0.4, -0.2) is 49.1 Å². The molecule has 2 aromatic rings. The predicted octanol–water partition coefficient (Wildman–Crippen LogP) is 2.05. The molecule has 2 rings (SSSR count). The van der Waals surface area contributed by atoms with Crippen molar-refractivity contribution in [1.82, 2.24) is 15.2 Å². The van der Waals surface area contributed by atoms with Crippen LogP contribution in [0.25, 0.3) is 0 Å². The smallest absolute Gasteiger partial charge is 0.322 e. The highest BCUT2D eigenvalue weighted by Crippen LogP contribution is 2.13. The number of carbonyl (C=O) groups is 2. The van der Waals surface area contributed by atoms with Gasteiger partial charge >= 0.3 is 6.03 Å². The number of methoxy groups -OCH3 is 1. The third-order valence-corrected chi connectivity index (χ3v) is 3.77. The Labute approximate surface area is 153 Å². The number of urea groups is 1. The summed E-state index contributed by atoms with van der Waals surface area (Å²) < 4.78 is 5.10. The topological polar surface area (TPSA) is 83.6 Å². The second-order valence-electron chi connectivity index (χ2n) is 5.76. The Morgan fingerprint density at radius 1 is 1.19 bits per heavy atom. The lowest BCUT2D eigenvalue weighted by Gasteiger charge is -2.23. The van der Waals surface area contributed by atoms with E-state index in [9.17, 15) is 9.59 Å². The van der Waals surface area contributed by atoms with Crippen molar-refractivity contribution in [3.05, 3.63) is 59.9 Å². The van der Waals surface area contributed by atoms with Crippen molar-refractivity contribution in [2.45, 2.75) is 13.0 Å². The Kier molecular flexibility index (Phi) is 7.57. The van der Waals surface area contributed by atoms with E-state index in [4.69, 9.17) is 4.74 Å². The fourth-order valence-corrected chi connectivity index (χ4v) is 2.40. The summed E-state index contributed by atoms with van der Waals surface area (Å²) in [5.74, 6) is -0.0771. The molecule has 7 nitrogen and oxygen atoms in total. The summed E-state index contributed by atoms with van der Waals surface area (Å²) in [4.78, 5) is 29.9. The fourth-order valence-electron chi connectivity index (χ4n) is 2.40. The normalized spacial score (nSPS) is 10.2. The molecule has 0 radical (unpaired) electrons. The molecule has 0 saturated carbocycles. The van der Waals surface area contributed by atoms with E-state index in [0.29, 0.717) is 25.4 Å². The summed E-state index contributed by atoms with van der Waals surface area (Å²) >= 11 is 0. The molecule has 7 heteroatoms. The van der Waals surface area contributed by atoms with Crippen LogP contribution in [0.15, 0.2) is 48.8 Å². The van der Waals surface area contributed by atoms with Crippen LogP contribution in [0, 0.1) is 0 Å². The molecule has 26 heavy (non-hydrogen) atoms. The highest BCUT2D eigenvalue weighted by Gasteiger charge is 2.14. The molecule has 0 aliphatic carbocycles. The third kappa shape index (κ3) is 6.18. The summed E-state index contributed by atoms with van der Waals surface area (Å²) in [6.07, 6.45) is 3.70. The number of hydrogen-bond acceptors (Lipinski definition) is 4. The van der Waals surface area contributed by atoms with Crippen LogP contribution in [0.1, 0.15) is 11.1 Å². The number of carbonyl (C=O) groups excluding carboxylic acids is 2. The van der Waals surface area contributed by atoms with Crippen molar-refractivity contribution < 1.29 is 14.3 Å². The minimum Gasteiger partial charge on any atom is -0.383 e. The second kappa shape index (κ2) is 10.1. The van der Waals surface area contributed by atoms with Crippen LogP contribution in [0.5, 0.6) is 0 Å². The van der Waals surface area contributed by atoms with Crippen molar-refractivity contribution >= 4 is 17.6 Å². The van der Waals surface area contributed by atoms with Crippen LogP contribution < -0.4 is 10.6 Å². The summed E-state index contributed by atoms with van der Waals surface area (Å²) in [5, 5.41) is 5.47. The van der Waals surface area contributed by atoms with E-state index in [1.165, 1.54) is 0 Å². The number of ether oxygens (including phenoxy) is 1. The molecule has 3 amide bonds. The van der Waals surface area contributed by atoms with Crippen molar-refractivity contribution in [2.75, 3.05) is 32.6 Å². The number of benzene rings is 1. The fraction of sp³-hybridized carbons (Fsp3) is 0.316. The largest absolute Gasteiger partial charge is 0.383 e. The lowest BCUT2D eigenvalue weighted by atomic mass is 10.1. The molecular formula is C19H24N4O3. The molecule has 0 spiro atoms. The summed E-state index contributed by atoms with van der Waals surface area (Å²) in [6, 6.07) is 10.8. The number of amides is 3. The zero-order valence-corrected chi connectivity index (χ0v) is 15.1. The van der Waals surface area contributed by atoms with E-state index in [-0.39, 0.29) is 18.4 Å². The summed E-state index contributed by atoms with van der Waals surface area (Å²) in [7, 11) is 3.20. The van der Waals surface area contributed by atoms with Crippen LogP contribution in [0.3, 0.4) is 0 Å². The lowest BCUT2D eigenvalue weighted by molar-refractivity contribution is -0.119. The number of anilines is 1. The molecule has 1 aromatic heterocycles. The average Bonchev–Trinajstić information content (AvgIpc) is 2.66. The first-order valence-electron chi connectivity index (χ1n) is 8.35. The minimum absolute atomic E-state index is 0.0771. The van der Waals surface area contributed by atoms with E-state index in [1.807, 2.05) is 24.3 Å². The van der Waals surface area contributed by atoms with Gasteiger partial charge in [-0.3, -0.25) is 9.78 Å². The van der Waals surface area contributed by atoms with Gasteiger partial charge in [0.15, 0.2) is 0 Å². The standard InChI is InChI=1S/C19H24N4O3/c1-20-18(24)12-15-5-3-7-17(11-15)22-19(25)23(9-10-26-2)14-16-6-4-8-21-13-16/h3-8,11,13H,9-10,12,14H2,1-2H3,(H,20,24)(H,22,25). The average molecular weight is 356 g/mol. The Balaban J connectivity index is 2.05. The second-order valence-corrected chi connectivity index (χ2v) is 5.76. The Hall–Kier alpha value is -2.93. The Bertz CT molecular complexity index is 722. The molecule has 2 N–H and O–H groups in total. The van der Waals surface area contributed by atoms with Gasteiger partial charge in [-0.15, -0.1) is 0 Å². The molecule has 0 atom stereocenters. The minimum atomic E-state index is -0.233. The van der Waals surface area contributed by atoms with Gasteiger partial charge in [-0.2, -0.15) is 0 Å². The van der Waals surface area contributed by atoms with Gasteiger partial charge < -0.3 is 20.3 Å². The van der Waals surface area contributed by atoms with Crippen LogP contribution >= 0.6 is 0 Å². The number of pyridine rings is 1. The van der Waals surface area contributed by atoms with Crippen molar-refractivity contribution in [3.63, 3.8) is 0 Å². The van der Waals surface area contributed by atoms with E-state index < -0.39 is 0 Å². The van der Waals surface area contributed by atoms with Crippen LogP contribution in [-0.2, 0) is 22.5 Å². The predicted molar refractivity (Wildman–Crippen MR) is 99.8 cm³/mol. The molecule has 0 aliphatic rings. The maximum atomic E-state index is 12.7. The number of likely N-dealkylation sites (N-methyl/N-ethyl adjacent to an activating group) is 1. The van der Waals surface area contributed by atoms with Gasteiger partial charge in [0.05, 0.1) is 13.0 Å². The molecule has 0 saturated heterocycles. The monoisotopic (exact) mass is 356 g/mol. The number of nitrogens with one attached hydrogen (secondary N) is 2. The van der Waals surface area contributed by atoms with Crippen molar-refractivity contribution in [1.29, 1.82) is 0 Å². The van der Waals surface area contributed by atoms with Crippen molar-refractivity contribution in [2.24, 2.45) is 0 Å². The maximum Gasteiger partial charge on any atom is 0.322 e. The Morgan fingerprint density at radius 3 is 2.69 bits per heavy atom. The number of nitrogens with zero attached hydrogens (tertiary/aromatic N) is 2. The summed E-state index contributed by atoms with van der Waals surface area (Å²) in [5.41, 5.74) is 2.41. The van der Waals surface area contributed by atoms with E-state index in [2.05, 4.69) is 15.6 Å². The zero-order valence-electron chi connectivity index (χ0n) is 15.1. The lowest BCUT2D eigenvalue weighted by Crippen LogP contribution is -2.36. The van der Waals surface area contributed by atoms with E-state index in [0.717, 1.165) is 11.1 Å². The third-order valence-electron chi connectivity index (χ3n) is 3.77. The first-order chi connectivity index (χ1) is 12.6.